The summed E-state index contributed by atoms with van der Waals surface area (Å²) in [7, 11) is 1.70. The number of anilines is 1. The molecule has 1 N–H and O–H groups in total. The lowest BCUT2D eigenvalue weighted by molar-refractivity contribution is 0.379. The Balaban J connectivity index is 2.02. The molecule has 2 rings (SSSR count). The zero-order chi connectivity index (χ0) is 12.3. The molecule has 0 unspecified atom stereocenters. The lowest BCUT2D eigenvalue weighted by atomic mass is 9.84. The van der Waals surface area contributed by atoms with Crippen molar-refractivity contribution in [3.05, 3.63) is 22.7 Å². The highest BCUT2D eigenvalue weighted by Crippen LogP contribution is 2.43. The van der Waals surface area contributed by atoms with Gasteiger partial charge < -0.3 is 10.1 Å². The number of halogens is 1. The van der Waals surface area contributed by atoms with Crippen LogP contribution in [0.2, 0.25) is 0 Å². The van der Waals surface area contributed by atoms with E-state index >= 15 is 0 Å². The summed E-state index contributed by atoms with van der Waals surface area (Å²) >= 11 is 5.55. The van der Waals surface area contributed by atoms with E-state index in [-0.39, 0.29) is 0 Å². The molecule has 0 amide bonds. The maximum absolute atomic E-state index is 5.24. The third-order valence-electron chi connectivity index (χ3n) is 3.47. The van der Waals surface area contributed by atoms with Gasteiger partial charge in [-0.25, -0.2) is 0 Å². The van der Waals surface area contributed by atoms with E-state index in [4.69, 9.17) is 4.74 Å². The summed E-state index contributed by atoms with van der Waals surface area (Å²) < 4.78 is 6.78. The fraction of sp³-hybridized carbons (Fsp3) is 0.538. The van der Waals surface area contributed by atoms with E-state index in [1.165, 1.54) is 19.3 Å². The van der Waals surface area contributed by atoms with Crippen LogP contribution >= 0.6 is 27.7 Å². The van der Waals surface area contributed by atoms with Gasteiger partial charge in [-0.05, 0) is 47.2 Å². The monoisotopic (exact) mass is 315 g/mol. The third-order valence-corrected chi connectivity index (χ3v) is 5.58. The highest BCUT2D eigenvalue weighted by Gasteiger charge is 2.35. The van der Waals surface area contributed by atoms with Crippen molar-refractivity contribution in [2.45, 2.75) is 24.0 Å². The molecule has 0 radical (unpaired) electrons. The van der Waals surface area contributed by atoms with Gasteiger partial charge in [0.25, 0.3) is 0 Å². The van der Waals surface area contributed by atoms with Crippen molar-refractivity contribution in [2.24, 2.45) is 0 Å². The Bertz CT molecular complexity index is 387. The number of rotatable bonds is 5. The number of benzene rings is 1. The van der Waals surface area contributed by atoms with Gasteiger partial charge in [0.2, 0.25) is 0 Å². The Labute approximate surface area is 116 Å². The first-order valence-corrected chi connectivity index (χ1v) is 7.83. The zero-order valence-corrected chi connectivity index (χ0v) is 12.7. The van der Waals surface area contributed by atoms with E-state index < -0.39 is 0 Å². The molecule has 0 heterocycles. The van der Waals surface area contributed by atoms with E-state index in [9.17, 15) is 0 Å². The van der Waals surface area contributed by atoms with Gasteiger partial charge in [0, 0.05) is 21.8 Å². The lowest BCUT2D eigenvalue weighted by Gasteiger charge is -2.40. The second-order valence-electron chi connectivity index (χ2n) is 4.44. The minimum Gasteiger partial charge on any atom is -0.497 e. The Hall–Kier alpha value is -0.350. The Kier molecular flexibility index (Phi) is 4.26. The molecule has 0 bridgehead atoms. The molecule has 17 heavy (non-hydrogen) atoms. The maximum atomic E-state index is 5.24. The average molecular weight is 316 g/mol. The Morgan fingerprint density at radius 1 is 1.47 bits per heavy atom. The fourth-order valence-corrected chi connectivity index (χ4v) is 3.35. The molecule has 1 fully saturated rings. The van der Waals surface area contributed by atoms with Crippen LogP contribution in [0.4, 0.5) is 5.69 Å². The molecule has 2 nitrogen and oxygen atoms in total. The predicted octanol–water partition coefficient (Wildman–Crippen LogP) is 4.16. The van der Waals surface area contributed by atoms with E-state index in [0.29, 0.717) is 4.75 Å². The van der Waals surface area contributed by atoms with Crippen molar-refractivity contribution in [2.75, 3.05) is 25.2 Å². The normalized spacial score (nSPS) is 17.4. The summed E-state index contributed by atoms with van der Waals surface area (Å²) in [5.41, 5.74) is 1.12. The first-order chi connectivity index (χ1) is 8.19. The van der Waals surface area contributed by atoms with Crippen LogP contribution in [0.25, 0.3) is 0 Å². The van der Waals surface area contributed by atoms with Crippen LogP contribution in [0.15, 0.2) is 22.7 Å². The quantitative estimate of drug-likeness (QED) is 0.881. The zero-order valence-electron chi connectivity index (χ0n) is 10.3. The van der Waals surface area contributed by atoms with Crippen LogP contribution in [-0.2, 0) is 0 Å². The first kappa shape index (κ1) is 13.1. The van der Waals surface area contributed by atoms with Gasteiger partial charge in [-0.1, -0.05) is 6.42 Å². The molecule has 0 saturated heterocycles. The van der Waals surface area contributed by atoms with Crippen LogP contribution < -0.4 is 10.1 Å². The molecule has 0 aromatic heterocycles. The van der Waals surface area contributed by atoms with E-state index in [0.717, 1.165) is 22.5 Å². The van der Waals surface area contributed by atoms with Crippen molar-refractivity contribution >= 4 is 33.4 Å². The molecule has 1 saturated carbocycles. The topological polar surface area (TPSA) is 21.3 Å². The number of hydrogen-bond acceptors (Lipinski definition) is 3. The minimum atomic E-state index is 0.447. The molecule has 1 aromatic rings. The molecular formula is C13H18BrNOS. The number of ether oxygens (including phenoxy) is 1. The molecule has 94 valence electrons. The van der Waals surface area contributed by atoms with Gasteiger partial charge in [-0.2, -0.15) is 11.8 Å². The average Bonchev–Trinajstić information content (AvgIpc) is 2.30. The lowest BCUT2D eigenvalue weighted by Crippen LogP contribution is -2.40. The maximum Gasteiger partial charge on any atom is 0.121 e. The molecule has 1 aliphatic rings. The number of methoxy groups -OCH3 is 1. The van der Waals surface area contributed by atoms with Crippen LogP contribution in [0.5, 0.6) is 5.75 Å². The van der Waals surface area contributed by atoms with Crippen LogP contribution in [0.3, 0.4) is 0 Å². The van der Waals surface area contributed by atoms with Crippen LogP contribution in [0.1, 0.15) is 19.3 Å². The Morgan fingerprint density at radius 2 is 2.24 bits per heavy atom. The number of nitrogens with one attached hydrogen (secondary N) is 1. The molecule has 0 aliphatic heterocycles. The van der Waals surface area contributed by atoms with Gasteiger partial charge in [-0.3, -0.25) is 0 Å². The van der Waals surface area contributed by atoms with Crippen molar-refractivity contribution in [3.8, 4) is 5.75 Å². The molecule has 1 aliphatic carbocycles. The smallest absolute Gasteiger partial charge is 0.121 e. The summed E-state index contributed by atoms with van der Waals surface area (Å²) in [4.78, 5) is 0. The van der Waals surface area contributed by atoms with Crippen molar-refractivity contribution in [1.29, 1.82) is 0 Å². The van der Waals surface area contributed by atoms with Gasteiger partial charge in [0.15, 0.2) is 0 Å². The summed E-state index contributed by atoms with van der Waals surface area (Å²) in [6, 6.07) is 6.02. The largest absolute Gasteiger partial charge is 0.497 e. The predicted molar refractivity (Wildman–Crippen MR) is 79.3 cm³/mol. The van der Waals surface area contributed by atoms with Crippen molar-refractivity contribution < 1.29 is 4.74 Å². The highest BCUT2D eigenvalue weighted by molar-refractivity contribution is 9.10. The summed E-state index contributed by atoms with van der Waals surface area (Å²) in [5.74, 6) is 0.891. The van der Waals surface area contributed by atoms with Crippen molar-refractivity contribution in [3.63, 3.8) is 0 Å². The number of thioether (sulfide) groups is 1. The molecule has 4 heteroatoms. The molecule has 1 aromatic carbocycles. The second-order valence-corrected chi connectivity index (χ2v) is 6.57. The SMILES string of the molecule is COc1ccc(Br)c(NCC2(SC)CCC2)c1. The van der Waals surface area contributed by atoms with Crippen molar-refractivity contribution in [1.82, 2.24) is 0 Å². The summed E-state index contributed by atoms with van der Waals surface area (Å²) in [5, 5.41) is 3.53. The highest BCUT2D eigenvalue weighted by atomic mass is 79.9. The van der Waals surface area contributed by atoms with E-state index in [1.807, 2.05) is 30.0 Å². The van der Waals surface area contributed by atoms with Gasteiger partial charge in [-0.15, -0.1) is 0 Å². The van der Waals surface area contributed by atoms with E-state index in [1.54, 1.807) is 7.11 Å². The second kappa shape index (κ2) is 5.53. The minimum absolute atomic E-state index is 0.447. The summed E-state index contributed by atoms with van der Waals surface area (Å²) in [6.07, 6.45) is 6.22. The first-order valence-electron chi connectivity index (χ1n) is 5.82. The van der Waals surface area contributed by atoms with Gasteiger partial charge in [0.05, 0.1) is 12.8 Å². The molecule has 0 spiro atoms. The molecule has 0 atom stereocenters. The van der Waals surface area contributed by atoms with Gasteiger partial charge >= 0.3 is 0 Å². The van der Waals surface area contributed by atoms with Crippen LogP contribution in [-0.4, -0.2) is 24.7 Å². The van der Waals surface area contributed by atoms with Gasteiger partial charge in [0.1, 0.15) is 5.75 Å². The standard InChI is InChI=1S/C13H18BrNOS/c1-16-10-4-5-11(14)12(8-10)15-9-13(17-2)6-3-7-13/h4-5,8,15H,3,6-7,9H2,1-2H3. The van der Waals surface area contributed by atoms with Crippen LogP contribution in [0, 0.1) is 0 Å². The Morgan fingerprint density at radius 3 is 2.76 bits per heavy atom. The third kappa shape index (κ3) is 2.91. The fourth-order valence-electron chi connectivity index (χ4n) is 2.05. The number of hydrogen-bond donors (Lipinski definition) is 1. The summed E-state index contributed by atoms with van der Waals surface area (Å²) in [6.45, 7) is 1.03. The molecular weight excluding hydrogens is 298 g/mol. The van der Waals surface area contributed by atoms with E-state index in [2.05, 4.69) is 27.5 Å².